The van der Waals surface area contributed by atoms with E-state index in [2.05, 4.69) is 5.32 Å². The summed E-state index contributed by atoms with van der Waals surface area (Å²) in [5.74, 6) is -4.95. The fraction of sp³-hybridized carbons (Fsp3) is 0.417. The summed E-state index contributed by atoms with van der Waals surface area (Å²) in [6.45, 7) is 2.59. The first kappa shape index (κ1) is 14.5. The summed E-state index contributed by atoms with van der Waals surface area (Å²) >= 11 is 0. The maximum atomic E-state index is 12.9. The van der Waals surface area contributed by atoms with Gasteiger partial charge in [-0.25, -0.2) is 13.2 Å². The highest BCUT2D eigenvalue weighted by Gasteiger charge is 2.15. The summed E-state index contributed by atoms with van der Waals surface area (Å²) in [6.07, 6.45) is 0. The van der Waals surface area contributed by atoms with Crippen molar-refractivity contribution >= 4 is 5.91 Å². The predicted molar refractivity (Wildman–Crippen MR) is 59.7 cm³/mol. The fourth-order valence-corrected chi connectivity index (χ4v) is 1.40. The lowest BCUT2D eigenvalue weighted by molar-refractivity contribution is 0.0933. The minimum Gasteiger partial charge on any atom is -0.384 e. The summed E-state index contributed by atoms with van der Waals surface area (Å²) in [7, 11) is 1.53. The molecule has 1 unspecified atom stereocenters. The number of halogens is 3. The molecule has 0 saturated carbocycles. The quantitative estimate of drug-likeness (QED) is 0.824. The predicted octanol–water partition coefficient (Wildman–Crippen LogP) is 2.12. The summed E-state index contributed by atoms with van der Waals surface area (Å²) in [4.78, 5) is 11.6. The number of rotatable bonds is 5. The Morgan fingerprint density at radius 3 is 2.39 bits per heavy atom. The number of hydrogen-bond donors (Lipinski definition) is 1. The normalized spacial score (nSPS) is 12.3. The average molecular weight is 261 g/mol. The molecule has 1 aromatic carbocycles. The van der Waals surface area contributed by atoms with Crippen molar-refractivity contribution in [2.45, 2.75) is 6.92 Å². The minimum atomic E-state index is -1.58. The van der Waals surface area contributed by atoms with Gasteiger partial charge in [0.2, 0.25) is 0 Å². The molecule has 1 N–H and O–H groups in total. The third kappa shape index (κ3) is 3.73. The van der Waals surface area contributed by atoms with E-state index in [1.165, 1.54) is 7.11 Å². The zero-order valence-corrected chi connectivity index (χ0v) is 10.1. The first-order chi connectivity index (χ1) is 8.45. The van der Waals surface area contributed by atoms with E-state index in [-0.39, 0.29) is 11.5 Å². The van der Waals surface area contributed by atoms with Crippen LogP contribution in [0.2, 0.25) is 0 Å². The van der Waals surface area contributed by atoms with Gasteiger partial charge in [-0.3, -0.25) is 4.79 Å². The van der Waals surface area contributed by atoms with Gasteiger partial charge < -0.3 is 10.1 Å². The number of hydrogen-bond acceptors (Lipinski definition) is 2. The molecule has 100 valence electrons. The third-order valence-corrected chi connectivity index (χ3v) is 2.31. The lowest BCUT2D eigenvalue weighted by atomic mass is 10.1. The van der Waals surface area contributed by atoms with Crippen LogP contribution < -0.4 is 5.32 Å². The van der Waals surface area contributed by atoms with E-state index >= 15 is 0 Å². The Hall–Kier alpha value is -1.56. The van der Waals surface area contributed by atoms with Gasteiger partial charge in [0.1, 0.15) is 0 Å². The molecule has 0 fully saturated rings. The monoisotopic (exact) mass is 261 g/mol. The molecule has 1 atom stereocenters. The lowest BCUT2D eigenvalue weighted by Gasteiger charge is -2.11. The molecule has 0 bridgehead atoms. The Morgan fingerprint density at radius 2 is 1.89 bits per heavy atom. The number of nitrogens with one attached hydrogen (secondary N) is 1. The van der Waals surface area contributed by atoms with E-state index < -0.39 is 23.4 Å². The van der Waals surface area contributed by atoms with Gasteiger partial charge in [0.15, 0.2) is 17.5 Å². The standard InChI is InChI=1S/C12H14F3NO2/c1-7(6-18-2)5-16-12(17)8-3-9(13)11(15)10(14)4-8/h3-4,7H,5-6H2,1-2H3,(H,16,17). The second-order valence-corrected chi connectivity index (χ2v) is 4.02. The molecule has 0 aliphatic carbocycles. The van der Waals surface area contributed by atoms with Crippen LogP contribution in [-0.4, -0.2) is 26.2 Å². The zero-order valence-electron chi connectivity index (χ0n) is 10.1. The molecule has 0 saturated heterocycles. The molecule has 1 aromatic rings. The summed E-state index contributed by atoms with van der Waals surface area (Å²) in [6, 6.07) is 1.32. The van der Waals surface area contributed by atoms with Crippen LogP contribution in [-0.2, 0) is 4.74 Å². The van der Waals surface area contributed by atoms with Crippen LogP contribution in [0.15, 0.2) is 12.1 Å². The maximum absolute atomic E-state index is 12.9. The number of carbonyl (C=O) groups excluding carboxylic acids is 1. The van der Waals surface area contributed by atoms with Crippen LogP contribution in [0, 0.1) is 23.4 Å². The smallest absolute Gasteiger partial charge is 0.251 e. The molecule has 3 nitrogen and oxygen atoms in total. The van der Waals surface area contributed by atoms with Gasteiger partial charge in [-0.15, -0.1) is 0 Å². The Kier molecular flexibility index (Phi) is 5.15. The number of methoxy groups -OCH3 is 1. The van der Waals surface area contributed by atoms with Crippen molar-refractivity contribution in [3.63, 3.8) is 0 Å². The molecule has 0 radical (unpaired) electrons. The zero-order chi connectivity index (χ0) is 13.7. The Bertz CT molecular complexity index is 414. The number of carbonyl (C=O) groups is 1. The Balaban J connectivity index is 2.67. The van der Waals surface area contributed by atoms with Crippen molar-refractivity contribution in [1.82, 2.24) is 5.32 Å². The van der Waals surface area contributed by atoms with Crippen LogP contribution in [0.3, 0.4) is 0 Å². The van der Waals surface area contributed by atoms with Gasteiger partial charge in [0, 0.05) is 19.2 Å². The number of amides is 1. The van der Waals surface area contributed by atoms with Gasteiger partial charge in [0.05, 0.1) is 6.61 Å². The molecule has 6 heteroatoms. The van der Waals surface area contributed by atoms with Crippen molar-refractivity contribution in [3.05, 3.63) is 35.1 Å². The van der Waals surface area contributed by atoms with Gasteiger partial charge in [0.25, 0.3) is 5.91 Å². The van der Waals surface area contributed by atoms with Crippen LogP contribution in [0.5, 0.6) is 0 Å². The summed E-state index contributed by atoms with van der Waals surface area (Å²) < 4.78 is 43.4. The highest BCUT2D eigenvalue weighted by molar-refractivity contribution is 5.94. The second-order valence-electron chi connectivity index (χ2n) is 4.02. The molecule has 0 spiro atoms. The fourth-order valence-electron chi connectivity index (χ4n) is 1.40. The highest BCUT2D eigenvalue weighted by Crippen LogP contribution is 2.13. The molecular weight excluding hydrogens is 247 g/mol. The van der Waals surface area contributed by atoms with Crippen LogP contribution in [0.25, 0.3) is 0 Å². The van der Waals surface area contributed by atoms with Crippen molar-refractivity contribution in [3.8, 4) is 0 Å². The van der Waals surface area contributed by atoms with E-state index in [4.69, 9.17) is 4.74 Å². The van der Waals surface area contributed by atoms with Gasteiger partial charge in [-0.1, -0.05) is 6.92 Å². The number of ether oxygens (including phenoxy) is 1. The van der Waals surface area contributed by atoms with Gasteiger partial charge in [-0.2, -0.15) is 0 Å². The molecular formula is C12H14F3NO2. The molecule has 0 heterocycles. The third-order valence-electron chi connectivity index (χ3n) is 2.31. The first-order valence-corrected chi connectivity index (χ1v) is 5.37. The summed E-state index contributed by atoms with van der Waals surface area (Å²) in [5, 5.41) is 2.48. The topological polar surface area (TPSA) is 38.3 Å². The van der Waals surface area contributed by atoms with Crippen molar-refractivity contribution in [2.75, 3.05) is 20.3 Å². The van der Waals surface area contributed by atoms with E-state index in [0.717, 1.165) is 0 Å². The van der Waals surface area contributed by atoms with Gasteiger partial charge in [-0.05, 0) is 18.1 Å². The molecule has 0 aromatic heterocycles. The molecule has 1 amide bonds. The SMILES string of the molecule is COCC(C)CNC(=O)c1cc(F)c(F)c(F)c1. The van der Waals surface area contributed by atoms with Crippen LogP contribution in [0.1, 0.15) is 17.3 Å². The van der Waals surface area contributed by atoms with E-state index in [9.17, 15) is 18.0 Å². The Labute approximate surface area is 103 Å². The van der Waals surface area contributed by atoms with Crippen LogP contribution in [0.4, 0.5) is 13.2 Å². The second kappa shape index (κ2) is 6.39. The average Bonchev–Trinajstić information content (AvgIpc) is 2.32. The maximum Gasteiger partial charge on any atom is 0.251 e. The van der Waals surface area contributed by atoms with E-state index in [1.807, 2.05) is 6.92 Å². The summed E-state index contributed by atoms with van der Waals surface area (Å²) in [5.41, 5.74) is -0.254. The molecule has 0 aliphatic rings. The molecule has 1 rings (SSSR count). The first-order valence-electron chi connectivity index (χ1n) is 5.37. The van der Waals surface area contributed by atoms with E-state index in [0.29, 0.717) is 25.3 Å². The minimum absolute atomic E-state index is 0.0640. The van der Waals surface area contributed by atoms with E-state index in [1.54, 1.807) is 0 Å². The highest BCUT2D eigenvalue weighted by atomic mass is 19.2. The van der Waals surface area contributed by atoms with Crippen molar-refractivity contribution in [2.24, 2.45) is 5.92 Å². The van der Waals surface area contributed by atoms with Crippen LogP contribution >= 0.6 is 0 Å². The molecule has 18 heavy (non-hydrogen) atoms. The largest absolute Gasteiger partial charge is 0.384 e. The van der Waals surface area contributed by atoms with Crippen molar-refractivity contribution < 1.29 is 22.7 Å². The van der Waals surface area contributed by atoms with Crippen molar-refractivity contribution in [1.29, 1.82) is 0 Å². The Morgan fingerprint density at radius 1 is 1.33 bits per heavy atom. The lowest BCUT2D eigenvalue weighted by Crippen LogP contribution is -2.30. The van der Waals surface area contributed by atoms with Gasteiger partial charge >= 0.3 is 0 Å². The molecule has 0 aliphatic heterocycles. The number of benzene rings is 1.